The highest BCUT2D eigenvalue weighted by Crippen LogP contribution is 2.26. The van der Waals surface area contributed by atoms with Crippen LogP contribution in [0.5, 0.6) is 0 Å². The van der Waals surface area contributed by atoms with E-state index < -0.39 is 0 Å². The second kappa shape index (κ2) is 5.72. The minimum Gasteiger partial charge on any atom is -0.380 e. The summed E-state index contributed by atoms with van der Waals surface area (Å²) in [6.07, 6.45) is 0. The largest absolute Gasteiger partial charge is 0.380 e. The molecule has 1 nitrogen and oxygen atoms in total. The van der Waals surface area contributed by atoms with Gasteiger partial charge in [-0.15, -0.1) is 0 Å². The Balaban J connectivity index is 2.16. The minimum atomic E-state index is -0.224. The molecule has 0 unspecified atom stereocenters. The van der Waals surface area contributed by atoms with Gasteiger partial charge in [0, 0.05) is 11.0 Å². The van der Waals surface area contributed by atoms with E-state index in [1.54, 1.807) is 6.07 Å². The first-order valence-electron chi connectivity index (χ1n) is 5.50. The van der Waals surface area contributed by atoms with Gasteiger partial charge in [0.1, 0.15) is 5.82 Å². The molecule has 0 saturated heterocycles. The molecule has 2 aromatic rings. The first-order chi connectivity index (χ1) is 8.56. The molecule has 0 radical (unpaired) electrons. The minimum absolute atomic E-state index is 0.224. The molecule has 0 aliphatic carbocycles. The van der Waals surface area contributed by atoms with Gasteiger partial charge in [0.05, 0.1) is 10.7 Å². The number of anilines is 1. The average molecular weight is 329 g/mol. The summed E-state index contributed by atoms with van der Waals surface area (Å²) in [5.41, 5.74) is 2.80. The lowest BCUT2D eigenvalue weighted by atomic mass is 10.1. The van der Waals surface area contributed by atoms with Crippen LogP contribution in [-0.4, -0.2) is 0 Å². The third kappa shape index (κ3) is 3.24. The summed E-state index contributed by atoms with van der Waals surface area (Å²) in [4.78, 5) is 0. The van der Waals surface area contributed by atoms with Gasteiger partial charge in [0.15, 0.2) is 0 Å². The summed E-state index contributed by atoms with van der Waals surface area (Å²) in [5.74, 6) is -0.224. The Bertz CT molecular complexity index is 520. The summed E-state index contributed by atoms with van der Waals surface area (Å²) in [7, 11) is 0. The van der Waals surface area contributed by atoms with E-state index in [1.807, 2.05) is 25.1 Å². The molecular formula is C14H12BrClFN. The maximum atomic E-state index is 13.2. The van der Waals surface area contributed by atoms with E-state index in [1.165, 1.54) is 12.1 Å². The van der Waals surface area contributed by atoms with E-state index in [-0.39, 0.29) is 5.82 Å². The average Bonchev–Trinajstić information content (AvgIpc) is 2.34. The topological polar surface area (TPSA) is 12.0 Å². The molecule has 0 saturated carbocycles. The Labute approximate surface area is 119 Å². The number of hydrogen-bond acceptors (Lipinski definition) is 1. The zero-order valence-corrected chi connectivity index (χ0v) is 12.1. The van der Waals surface area contributed by atoms with E-state index in [0.717, 1.165) is 21.3 Å². The van der Waals surface area contributed by atoms with Crippen LogP contribution in [0.3, 0.4) is 0 Å². The van der Waals surface area contributed by atoms with Crippen molar-refractivity contribution < 1.29 is 4.39 Å². The molecule has 4 heteroatoms. The zero-order valence-electron chi connectivity index (χ0n) is 9.81. The van der Waals surface area contributed by atoms with Crippen molar-refractivity contribution in [2.75, 3.05) is 5.32 Å². The van der Waals surface area contributed by atoms with Crippen molar-refractivity contribution in [1.29, 1.82) is 0 Å². The highest BCUT2D eigenvalue weighted by Gasteiger charge is 2.03. The maximum absolute atomic E-state index is 13.2. The normalized spacial score (nSPS) is 10.4. The van der Waals surface area contributed by atoms with Crippen LogP contribution in [0.15, 0.2) is 40.9 Å². The van der Waals surface area contributed by atoms with Crippen molar-refractivity contribution in [3.05, 3.63) is 62.8 Å². The Hall–Kier alpha value is -1.06. The van der Waals surface area contributed by atoms with E-state index in [0.29, 0.717) is 11.6 Å². The molecule has 0 aliphatic rings. The summed E-state index contributed by atoms with van der Waals surface area (Å²) < 4.78 is 14.1. The first-order valence-corrected chi connectivity index (χ1v) is 6.67. The fourth-order valence-electron chi connectivity index (χ4n) is 1.65. The fraction of sp³-hybridized carbons (Fsp3) is 0.143. The highest BCUT2D eigenvalue weighted by atomic mass is 79.9. The van der Waals surface area contributed by atoms with Crippen molar-refractivity contribution in [3.8, 4) is 0 Å². The first kappa shape index (κ1) is 13.4. The fourth-order valence-corrected chi connectivity index (χ4v) is 2.20. The number of aryl methyl sites for hydroxylation is 1. The second-order valence-corrected chi connectivity index (χ2v) is 5.37. The van der Waals surface area contributed by atoms with E-state index in [4.69, 9.17) is 11.6 Å². The van der Waals surface area contributed by atoms with Gasteiger partial charge in [0.25, 0.3) is 0 Å². The Morgan fingerprint density at radius 2 is 2.00 bits per heavy atom. The van der Waals surface area contributed by atoms with Crippen LogP contribution < -0.4 is 5.32 Å². The molecule has 0 heterocycles. The lowest BCUT2D eigenvalue weighted by molar-refractivity contribution is 0.625. The molecule has 0 aromatic heterocycles. The van der Waals surface area contributed by atoms with Crippen LogP contribution in [0.25, 0.3) is 0 Å². The molecule has 0 atom stereocenters. The molecular weight excluding hydrogens is 317 g/mol. The van der Waals surface area contributed by atoms with Crippen LogP contribution >= 0.6 is 27.5 Å². The third-order valence-electron chi connectivity index (χ3n) is 2.71. The van der Waals surface area contributed by atoms with E-state index in [2.05, 4.69) is 21.2 Å². The third-order valence-corrected chi connectivity index (χ3v) is 3.53. The standard InChI is InChI=1S/C14H12BrClFN/c1-9-2-4-12(17)6-10(9)8-18-14-7-11(15)3-5-13(14)16/h2-7,18H,8H2,1H3. The molecule has 0 amide bonds. The van der Waals surface area contributed by atoms with Gasteiger partial charge < -0.3 is 5.32 Å². The number of halogens is 3. The molecule has 18 heavy (non-hydrogen) atoms. The number of hydrogen-bond donors (Lipinski definition) is 1. The van der Waals surface area contributed by atoms with Crippen LogP contribution in [0.2, 0.25) is 5.02 Å². The van der Waals surface area contributed by atoms with Crippen LogP contribution in [0, 0.1) is 12.7 Å². The summed E-state index contributed by atoms with van der Waals surface area (Å²) in [6, 6.07) is 10.4. The summed E-state index contributed by atoms with van der Waals surface area (Å²) >= 11 is 9.47. The lowest BCUT2D eigenvalue weighted by Crippen LogP contribution is -2.02. The van der Waals surface area contributed by atoms with Gasteiger partial charge >= 0.3 is 0 Å². The Kier molecular flexibility index (Phi) is 4.25. The van der Waals surface area contributed by atoms with Crippen LogP contribution in [0.1, 0.15) is 11.1 Å². The zero-order chi connectivity index (χ0) is 13.1. The van der Waals surface area contributed by atoms with Gasteiger partial charge in [-0.25, -0.2) is 4.39 Å². The molecule has 1 N–H and O–H groups in total. The predicted molar refractivity (Wildman–Crippen MR) is 77.6 cm³/mol. The van der Waals surface area contributed by atoms with Gasteiger partial charge in [-0.3, -0.25) is 0 Å². The monoisotopic (exact) mass is 327 g/mol. The molecule has 2 aromatic carbocycles. The highest BCUT2D eigenvalue weighted by molar-refractivity contribution is 9.10. The SMILES string of the molecule is Cc1ccc(F)cc1CNc1cc(Br)ccc1Cl. The van der Waals surface area contributed by atoms with Gasteiger partial charge in [0.2, 0.25) is 0 Å². The van der Waals surface area contributed by atoms with Crippen LogP contribution in [0.4, 0.5) is 10.1 Å². The van der Waals surface area contributed by atoms with Gasteiger partial charge in [-0.05, 0) is 48.4 Å². The van der Waals surface area contributed by atoms with Crippen LogP contribution in [-0.2, 0) is 6.54 Å². The molecule has 0 spiro atoms. The second-order valence-electron chi connectivity index (χ2n) is 4.05. The summed E-state index contributed by atoms with van der Waals surface area (Å²) in [5, 5.41) is 3.86. The number of nitrogens with one attached hydrogen (secondary N) is 1. The van der Waals surface area contributed by atoms with Gasteiger partial charge in [-0.2, -0.15) is 0 Å². The molecule has 94 valence electrons. The van der Waals surface area contributed by atoms with Gasteiger partial charge in [-0.1, -0.05) is 33.6 Å². The molecule has 0 aliphatic heterocycles. The molecule has 0 bridgehead atoms. The molecule has 2 rings (SSSR count). The van der Waals surface area contributed by atoms with Crippen molar-refractivity contribution in [2.45, 2.75) is 13.5 Å². The van der Waals surface area contributed by atoms with Crippen molar-refractivity contribution >= 4 is 33.2 Å². The quantitative estimate of drug-likeness (QED) is 0.820. The maximum Gasteiger partial charge on any atom is 0.123 e. The smallest absolute Gasteiger partial charge is 0.123 e. The Morgan fingerprint density at radius 3 is 2.78 bits per heavy atom. The van der Waals surface area contributed by atoms with Crippen molar-refractivity contribution in [2.24, 2.45) is 0 Å². The number of benzene rings is 2. The van der Waals surface area contributed by atoms with E-state index >= 15 is 0 Å². The molecule has 0 fully saturated rings. The van der Waals surface area contributed by atoms with E-state index in [9.17, 15) is 4.39 Å². The van der Waals surface area contributed by atoms with Crippen molar-refractivity contribution in [3.63, 3.8) is 0 Å². The predicted octanol–water partition coefficient (Wildman–Crippen LogP) is 5.16. The Morgan fingerprint density at radius 1 is 1.22 bits per heavy atom. The summed E-state index contributed by atoms with van der Waals surface area (Å²) in [6.45, 7) is 2.50. The lowest BCUT2D eigenvalue weighted by Gasteiger charge is -2.11. The van der Waals surface area contributed by atoms with Crippen molar-refractivity contribution in [1.82, 2.24) is 0 Å². The number of rotatable bonds is 3.